The first-order chi connectivity index (χ1) is 15.9. The van der Waals surface area contributed by atoms with Crippen LogP contribution in [0.3, 0.4) is 0 Å². The van der Waals surface area contributed by atoms with Gasteiger partial charge in [0.2, 0.25) is 0 Å². The van der Waals surface area contributed by atoms with E-state index in [4.69, 9.17) is 4.74 Å². The van der Waals surface area contributed by atoms with Gasteiger partial charge in [-0.15, -0.1) is 6.58 Å². The van der Waals surface area contributed by atoms with E-state index in [2.05, 4.69) is 6.58 Å². The van der Waals surface area contributed by atoms with E-state index in [-0.39, 0.29) is 24.2 Å². The number of fused-ring (bicyclic) bond motifs is 2. The lowest BCUT2D eigenvalue weighted by molar-refractivity contribution is -0.143. The number of rotatable bonds is 7. The molecular weight excluding hydrogens is 427 g/mol. The van der Waals surface area contributed by atoms with E-state index in [1.54, 1.807) is 30.3 Å². The number of likely N-dealkylation sites (tertiary alicyclic amines) is 1. The zero-order chi connectivity index (χ0) is 23.8. The van der Waals surface area contributed by atoms with Crippen molar-refractivity contribution in [2.24, 2.45) is 0 Å². The van der Waals surface area contributed by atoms with Gasteiger partial charge >= 0.3 is 0 Å². The first-order valence-corrected chi connectivity index (χ1v) is 10.5. The van der Waals surface area contributed by atoms with E-state index >= 15 is 0 Å². The van der Waals surface area contributed by atoms with Gasteiger partial charge in [-0.2, -0.15) is 0 Å². The molecule has 8 heteroatoms. The highest BCUT2D eigenvalue weighted by Crippen LogP contribution is 2.53. The SMILES string of the molecule is C=CCN1C(=O)[C@]2(C(=C(O)c3ccc(F)cc3)C(=O)C(=O)N2CCCOC)c2ccccc21. The van der Waals surface area contributed by atoms with Crippen LogP contribution in [-0.2, 0) is 24.7 Å². The van der Waals surface area contributed by atoms with E-state index in [0.717, 1.165) is 12.1 Å². The summed E-state index contributed by atoms with van der Waals surface area (Å²) in [5.41, 5.74) is -1.12. The summed E-state index contributed by atoms with van der Waals surface area (Å²) in [5.74, 6) is -3.47. The van der Waals surface area contributed by atoms with Gasteiger partial charge in [-0.05, 0) is 36.8 Å². The second-order valence-electron chi connectivity index (χ2n) is 7.79. The minimum atomic E-state index is -1.85. The van der Waals surface area contributed by atoms with E-state index in [0.29, 0.717) is 24.3 Å². The minimum absolute atomic E-state index is 0.0562. The molecular formula is C25H23FN2O5. The van der Waals surface area contributed by atoms with E-state index in [9.17, 15) is 23.9 Å². The smallest absolute Gasteiger partial charge is 0.296 e. The molecule has 0 bridgehead atoms. The maximum atomic E-state index is 14.0. The number of methoxy groups -OCH3 is 1. The van der Waals surface area contributed by atoms with Crippen LogP contribution >= 0.6 is 0 Å². The van der Waals surface area contributed by atoms with E-state index in [1.807, 2.05) is 0 Å². The lowest BCUT2D eigenvalue weighted by Gasteiger charge is -2.34. The molecule has 1 fully saturated rings. The first kappa shape index (κ1) is 22.4. The molecule has 2 aromatic carbocycles. The molecule has 2 aliphatic heterocycles. The van der Waals surface area contributed by atoms with Crippen molar-refractivity contribution >= 4 is 29.0 Å². The van der Waals surface area contributed by atoms with Crippen LogP contribution in [0, 0.1) is 5.82 Å². The number of halogens is 1. The second-order valence-corrected chi connectivity index (χ2v) is 7.79. The molecule has 2 aromatic rings. The van der Waals surface area contributed by atoms with Crippen LogP contribution in [0.2, 0.25) is 0 Å². The number of ether oxygens (including phenoxy) is 1. The molecule has 1 spiro atoms. The van der Waals surface area contributed by atoms with Crippen molar-refractivity contribution in [3.8, 4) is 0 Å². The van der Waals surface area contributed by atoms with Crippen molar-refractivity contribution in [1.29, 1.82) is 0 Å². The van der Waals surface area contributed by atoms with Gasteiger partial charge in [0.1, 0.15) is 11.6 Å². The van der Waals surface area contributed by atoms with Gasteiger partial charge in [-0.25, -0.2) is 4.39 Å². The molecule has 1 atom stereocenters. The van der Waals surface area contributed by atoms with Crippen LogP contribution in [-0.4, -0.2) is 54.4 Å². The Labute approximate surface area is 190 Å². The number of aliphatic hydroxyl groups excluding tert-OH is 1. The number of hydrogen-bond donors (Lipinski definition) is 1. The maximum absolute atomic E-state index is 14.0. The number of carbonyl (C=O) groups excluding carboxylic acids is 3. The number of hydrogen-bond acceptors (Lipinski definition) is 5. The number of Topliss-reactive ketones (excluding diaryl/α,β-unsaturated/α-hetero) is 1. The monoisotopic (exact) mass is 450 g/mol. The number of ketones is 1. The van der Waals surface area contributed by atoms with Crippen molar-refractivity contribution in [1.82, 2.24) is 4.90 Å². The van der Waals surface area contributed by atoms with Gasteiger partial charge < -0.3 is 19.6 Å². The summed E-state index contributed by atoms with van der Waals surface area (Å²) in [6.07, 6.45) is 1.92. The van der Waals surface area contributed by atoms with Gasteiger partial charge in [-0.3, -0.25) is 14.4 Å². The molecule has 170 valence electrons. The Bertz CT molecular complexity index is 1170. The van der Waals surface area contributed by atoms with Gasteiger partial charge in [-0.1, -0.05) is 24.3 Å². The fourth-order valence-corrected chi connectivity index (χ4v) is 4.60. The Morgan fingerprint density at radius 3 is 2.52 bits per heavy atom. The third-order valence-corrected chi connectivity index (χ3v) is 5.97. The fourth-order valence-electron chi connectivity index (χ4n) is 4.60. The lowest BCUT2D eigenvalue weighted by Crippen LogP contribution is -2.52. The summed E-state index contributed by atoms with van der Waals surface area (Å²) < 4.78 is 18.6. The molecule has 1 saturated heterocycles. The zero-order valence-corrected chi connectivity index (χ0v) is 18.1. The first-order valence-electron chi connectivity index (χ1n) is 10.5. The van der Waals surface area contributed by atoms with Crippen LogP contribution < -0.4 is 4.90 Å². The Kier molecular flexibility index (Phi) is 5.86. The Morgan fingerprint density at radius 2 is 1.85 bits per heavy atom. The predicted molar refractivity (Wildman–Crippen MR) is 120 cm³/mol. The molecule has 0 aliphatic carbocycles. The van der Waals surface area contributed by atoms with Gasteiger partial charge in [0.25, 0.3) is 17.6 Å². The predicted octanol–water partition coefficient (Wildman–Crippen LogP) is 2.97. The number of anilines is 1. The maximum Gasteiger partial charge on any atom is 0.296 e. The number of benzene rings is 2. The summed E-state index contributed by atoms with van der Waals surface area (Å²) in [5, 5.41) is 11.2. The molecule has 0 saturated carbocycles. The van der Waals surface area contributed by atoms with Gasteiger partial charge in [0.05, 0.1) is 11.3 Å². The highest BCUT2D eigenvalue weighted by atomic mass is 19.1. The van der Waals surface area contributed by atoms with E-state index < -0.39 is 34.7 Å². The van der Waals surface area contributed by atoms with Gasteiger partial charge in [0, 0.05) is 37.9 Å². The number of amides is 2. The Hall–Kier alpha value is -3.78. The number of para-hydroxylation sites is 1. The molecule has 2 amide bonds. The van der Waals surface area contributed by atoms with Crippen LogP contribution in [0.4, 0.5) is 10.1 Å². The van der Waals surface area contributed by atoms with Crippen LogP contribution in [0.15, 0.2) is 66.8 Å². The molecule has 2 aliphatic rings. The van der Waals surface area contributed by atoms with Crippen molar-refractivity contribution in [3.05, 3.63) is 83.7 Å². The molecule has 1 N–H and O–H groups in total. The normalized spacial score (nSPS) is 21.2. The van der Waals surface area contributed by atoms with Crippen molar-refractivity contribution in [2.45, 2.75) is 12.0 Å². The summed E-state index contributed by atoms with van der Waals surface area (Å²) in [6, 6.07) is 11.7. The third kappa shape index (κ3) is 3.25. The largest absolute Gasteiger partial charge is 0.507 e. The van der Waals surface area contributed by atoms with Crippen LogP contribution in [0.25, 0.3) is 5.76 Å². The van der Waals surface area contributed by atoms with Crippen molar-refractivity contribution < 1.29 is 28.6 Å². The fraction of sp³-hybridized carbons (Fsp3) is 0.240. The molecule has 0 unspecified atom stereocenters. The highest BCUT2D eigenvalue weighted by molar-refractivity contribution is 6.50. The topological polar surface area (TPSA) is 87.2 Å². The second kappa shape index (κ2) is 8.63. The lowest BCUT2D eigenvalue weighted by atomic mass is 9.82. The summed E-state index contributed by atoms with van der Waals surface area (Å²) in [4.78, 5) is 43.2. The Morgan fingerprint density at radius 1 is 1.15 bits per heavy atom. The molecule has 7 nitrogen and oxygen atoms in total. The number of aliphatic hydroxyl groups is 1. The quantitative estimate of drug-likeness (QED) is 0.230. The standard InChI is InChI=1S/C25H23FN2O5/c1-3-13-27-19-8-5-4-7-18(19)25(24(27)32)20(21(29)16-9-11-17(26)12-10-16)22(30)23(31)28(25)14-6-15-33-2/h3-5,7-12,29H,1,6,13-15H2,2H3/t25-/m1/s1. The minimum Gasteiger partial charge on any atom is -0.507 e. The summed E-state index contributed by atoms with van der Waals surface area (Å²) in [6.45, 7) is 4.23. The number of carbonyl (C=O) groups is 3. The summed E-state index contributed by atoms with van der Waals surface area (Å²) in [7, 11) is 1.51. The van der Waals surface area contributed by atoms with Gasteiger partial charge in [0.15, 0.2) is 5.54 Å². The van der Waals surface area contributed by atoms with Crippen molar-refractivity contribution in [3.63, 3.8) is 0 Å². The van der Waals surface area contributed by atoms with Crippen LogP contribution in [0.1, 0.15) is 17.5 Å². The molecule has 0 aromatic heterocycles. The zero-order valence-electron chi connectivity index (χ0n) is 18.1. The molecule has 4 rings (SSSR count). The summed E-state index contributed by atoms with van der Waals surface area (Å²) >= 11 is 0. The third-order valence-electron chi connectivity index (χ3n) is 5.97. The molecule has 33 heavy (non-hydrogen) atoms. The van der Waals surface area contributed by atoms with E-state index in [1.165, 1.54) is 29.0 Å². The molecule has 0 radical (unpaired) electrons. The average molecular weight is 450 g/mol. The van der Waals surface area contributed by atoms with Crippen LogP contribution in [0.5, 0.6) is 0 Å². The average Bonchev–Trinajstić information content (AvgIpc) is 3.19. The number of nitrogens with zero attached hydrogens (tertiary/aromatic N) is 2. The Balaban J connectivity index is 2.02. The molecule has 2 heterocycles. The van der Waals surface area contributed by atoms with Crippen molar-refractivity contribution in [2.75, 3.05) is 31.7 Å². The highest BCUT2D eigenvalue weighted by Gasteiger charge is 2.66.